The minimum atomic E-state index is -3.97. The van der Waals surface area contributed by atoms with E-state index < -0.39 is 15.9 Å². The normalized spacial score (nSPS) is 11.1. The fraction of sp³-hybridized carbons (Fsp3) is 0.240. The smallest absolute Gasteiger partial charge is 0.264 e. The van der Waals surface area contributed by atoms with E-state index in [1.165, 1.54) is 11.4 Å². The molecule has 1 N–H and O–H groups in total. The van der Waals surface area contributed by atoms with E-state index in [0.717, 1.165) is 16.7 Å². The Bertz CT molecular complexity index is 1200. The highest BCUT2D eigenvalue weighted by Gasteiger charge is 2.28. The highest BCUT2D eigenvalue weighted by atomic mass is 32.2. The molecule has 0 saturated heterocycles. The lowest BCUT2D eigenvalue weighted by molar-refractivity contribution is -0.114. The number of sulfonamides is 1. The summed E-state index contributed by atoms with van der Waals surface area (Å²) in [6.07, 6.45) is 0.628. The molecule has 0 spiro atoms. The molecule has 0 unspecified atom stereocenters. The number of ether oxygens (including phenoxy) is 1. The standard InChI is InChI=1S/C25H28N2O4S/c1-5-20-8-6-7-9-23(20)27(32(29,30)21-13-10-18(2)11-14-21)17-25(28)26-22-16-19(3)12-15-24(22)31-4/h6-16H,5,17H2,1-4H3,(H,26,28). The van der Waals surface area contributed by atoms with Gasteiger partial charge in [-0.2, -0.15) is 0 Å². The molecule has 6 nitrogen and oxygen atoms in total. The molecule has 1 amide bonds. The van der Waals surface area contributed by atoms with Gasteiger partial charge in [0.05, 0.1) is 23.4 Å². The molecule has 0 bridgehead atoms. The van der Waals surface area contributed by atoms with Crippen molar-refractivity contribution in [2.24, 2.45) is 0 Å². The molecule has 7 heteroatoms. The van der Waals surface area contributed by atoms with Gasteiger partial charge in [0.25, 0.3) is 10.0 Å². The first-order valence-electron chi connectivity index (χ1n) is 10.4. The Morgan fingerprint density at radius 3 is 2.28 bits per heavy atom. The van der Waals surface area contributed by atoms with Gasteiger partial charge in [0, 0.05) is 0 Å². The van der Waals surface area contributed by atoms with Gasteiger partial charge in [0.1, 0.15) is 12.3 Å². The Hall–Kier alpha value is -3.32. The van der Waals surface area contributed by atoms with Crippen LogP contribution in [0.1, 0.15) is 23.6 Å². The number of carbonyl (C=O) groups excluding carboxylic acids is 1. The molecular formula is C25H28N2O4S. The van der Waals surface area contributed by atoms with Gasteiger partial charge in [0.2, 0.25) is 5.91 Å². The minimum absolute atomic E-state index is 0.134. The molecule has 0 atom stereocenters. The fourth-order valence-corrected chi connectivity index (χ4v) is 4.89. The Morgan fingerprint density at radius 2 is 1.62 bits per heavy atom. The molecule has 0 radical (unpaired) electrons. The van der Waals surface area contributed by atoms with Gasteiger partial charge in [-0.1, -0.05) is 48.9 Å². The second kappa shape index (κ2) is 9.87. The number of methoxy groups -OCH3 is 1. The van der Waals surface area contributed by atoms with Crippen molar-refractivity contribution in [3.8, 4) is 5.75 Å². The molecule has 0 heterocycles. The highest BCUT2D eigenvalue weighted by Crippen LogP contribution is 2.29. The number of carbonyl (C=O) groups is 1. The summed E-state index contributed by atoms with van der Waals surface area (Å²) in [5.74, 6) is 0.0429. The summed E-state index contributed by atoms with van der Waals surface area (Å²) in [6.45, 7) is 5.38. The van der Waals surface area contributed by atoms with Crippen LogP contribution < -0.4 is 14.4 Å². The predicted octanol–water partition coefficient (Wildman–Crippen LogP) is 4.71. The Balaban J connectivity index is 2.01. The van der Waals surface area contributed by atoms with Crippen molar-refractivity contribution in [2.75, 3.05) is 23.3 Å². The van der Waals surface area contributed by atoms with E-state index in [1.54, 1.807) is 48.5 Å². The summed E-state index contributed by atoms with van der Waals surface area (Å²) in [6, 6.07) is 19.3. The summed E-state index contributed by atoms with van der Waals surface area (Å²) in [5, 5.41) is 2.80. The molecule has 168 valence electrons. The van der Waals surface area contributed by atoms with Crippen LogP contribution in [0.3, 0.4) is 0 Å². The van der Waals surface area contributed by atoms with E-state index in [-0.39, 0.29) is 11.4 Å². The number of nitrogens with one attached hydrogen (secondary N) is 1. The van der Waals surface area contributed by atoms with Crippen LogP contribution in [0.5, 0.6) is 5.75 Å². The summed E-state index contributed by atoms with van der Waals surface area (Å²) in [5.41, 5.74) is 3.72. The molecule has 3 rings (SSSR count). The van der Waals surface area contributed by atoms with Gasteiger partial charge in [0.15, 0.2) is 0 Å². The molecular weight excluding hydrogens is 424 g/mol. The third-order valence-electron chi connectivity index (χ3n) is 5.17. The topological polar surface area (TPSA) is 75.7 Å². The van der Waals surface area contributed by atoms with E-state index in [4.69, 9.17) is 4.74 Å². The summed E-state index contributed by atoms with van der Waals surface area (Å²) >= 11 is 0. The quantitative estimate of drug-likeness (QED) is 0.537. The van der Waals surface area contributed by atoms with Crippen molar-refractivity contribution < 1.29 is 17.9 Å². The molecule has 3 aromatic rings. The fourth-order valence-electron chi connectivity index (χ4n) is 3.43. The van der Waals surface area contributed by atoms with Crippen molar-refractivity contribution in [3.05, 3.63) is 83.4 Å². The summed E-state index contributed by atoms with van der Waals surface area (Å²) < 4.78 is 33.7. The molecule has 32 heavy (non-hydrogen) atoms. The van der Waals surface area contributed by atoms with E-state index in [2.05, 4.69) is 5.32 Å². The van der Waals surface area contributed by atoms with E-state index in [1.807, 2.05) is 39.0 Å². The van der Waals surface area contributed by atoms with Crippen molar-refractivity contribution in [3.63, 3.8) is 0 Å². The molecule has 0 aliphatic heterocycles. The number of hydrogen-bond acceptors (Lipinski definition) is 4. The second-order valence-corrected chi connectivity index (χ2v) is 9.42. The maximum atomic E-state index is 13.6. The molecule has 0 aliphatic rings. The van der Waals surface area contributed by atoms with Gasteiger partial charge in [-0.3, -0.25) is 9.10 Å². The van der Waals surface area contributed by atoms with Crippen LogP contribution in [-0.2, 0) is 21.2 Å². The van der Waals surface area contributed by atoms with Crippen molar-refractivity contribution >= 4 is 27.3 Å². The maximum Gasteiger partial charge on any atom is 0.264 e. The zero-order valence-electron chi connectivity index (χ0n) is 18.8. The Kier molecular flexibility index (Phi) is 7.20. The molecule has 0 fully saturated rings. The monoisotopic (exact) mass is 452 g/mol. The lowest BCUT2D eigenvalue weighted by Gasteiger charge is -2.26. The second-order valence-electron chi connectivity index (χ2n) is 7.56. The number of nitrogens with zero attached hydrogens (tertiary/aromatic N) is 1. The minimum Gasteiger partial charge on any atom is -0.495 e. The van der Waals surface area contributed by atoms with Crippen molar-refractivity contribution in [2.45, 2.75) is 32.1 Å². The van der Waals surface area contributed by atoms with Crippen LogP contribution in [-0.4, -0.2) is 28.0 Å². The van der Waals surface area contributed by atoms with Gasteiger partial charge in [-0.15, -0.1) is 0 Å². The Morgan fingerprint density at radius 1 is 0.969 bits per heavy atom. The van der Waals surface area contributed by atoms with Gasteiger partial charge in [-0.05, 0) is 61.7 Å². The van der Waals surface area contributed by atoms with E-state index in [0.29, 0.717) is 23.5 Å². The van der Waals surface area contributed by atoms with Crippen molar-refractivity contribution in [1.82, 2.24) is 0 Å². The van der Waals surface area contributed by atoms with Gasteiger partial charge >= 0.3 is 0 Å². The lowest BCUT2D eigenvalue weighted by atomic mass is 10.1. The average molecular weight is 453 g/mol. The summed E-state index contributed by atoms with van der Waals surface area (Å²) in [7, 11) is -2.45. The zero-order valence-corrected chi connectivity index (χ0v) is 19.6. The molecule has 0 aliphatic carbocycles. The van der Waals surface area contributed by atoms with E-state index in [9.17, 15) is 13.2 Å². The number of rotatable bonds is 8. The maximum absolute atomic E-state index is 13.6. The molecule has 3 aromatic carbocycles. The van der Waals surface area contributed by atoms with Crippen LogP contribution >= 0.6 is 0 Å². The third kappa shape index (κ3) is 5.11. The van der Waals surface area contributed by atoms with Gasteiger partial charge < -0.3 is 10.1 Å². The molecule has 0 aromatic heterocycles. The number of aryl methyl sites for hydroxylation is 3. The van der Waals surface area contributed by atoms with Crippen LogP contribution in [0.2, 0.25) is 0 Å². The van der Waals surface area contributed by atoms with Gasteiger partial charge in [-0.25, -0.2) is 8.42 Å². The third-order valence-corrected chi connectivity index (χ3v) is 6.94. The lowest BCUT2D eigenvalue weighted by Crippen LogP contribution is -2.38. The number of amides is 1. The summed E-state index contributed by atoms with van der Waals surface area (Å²) in [4.78, 5) is 13.2. The number of hydrogen-bond donors (Lipinski definition) is 1. The number of benzene rings is 3. The number of anilines is 2. The zero-order chi connectivity index (χ0) is 23.3. The first-order valence-corrected chi connectivity index (χ1v) is 11.8. The largest absolute Gasteiger partial charge is 0.495 e. The predicted molar refractivity (Wildman–Crippen MR) is 128 cm³/mol. The van der Waals surface area contributed by atoms with Crippen LogP contribution in [0.4, 0.5) is 11.4 Å². The van der Waals surface area contributed by atoms with Crippen LogP contribution in [0.25, 0.3) is 0 Å². The number of para-hydroxylation sites is 1. The van der Waals surface area contributed by atoms with E-state index >= 15 is 0 Å². The highest BCUT2D eigenvalue weighted by molar-refractivity contribution is 7.92. The average Bonchev–Trinajstić information content (AvgIpc) is 2.78. The SMILES string of the molecule is CCc1ccccc1N(CC(=O)Nc1cc(C)ccc1OC)S(=O)(=O)c1ccc(C)cc1. The van der Waals surface area contributed by atoms with Crippen molar-refractivity contribution in [1.29, 1.82) is 0 Å². The van der Waals surface area contributed by atoms with Crippen LogP contribution in [0, 0.1) is 13.8 Å². The van der Waals surface area contributed by atoms with Crippen LogP contribution in [0.15, 0.2) is 71.6 Å². The first kappa shape index (κ1) is 23.3. The first-order chi connectivity index (χ1) is 15.3. The molecule has 0 saturated carbocycles. The Labute approximate surface area is 189 Å².